The molecule has 1 amide bonds. The number of hydrogen-bond acceptors (Lipinski definition) is 6. The number of amides is 1. The van der Waals surface area contributed by atoms with Crippen LogP contribution in [0.15, 0.2) is 66.0 Å². The smallest absolute Gasteiger partial charge is 0.237 e. The average molecular weight is 464 g/mol. The zero-order valence-corrected chi connectivity index (χ0v) is 19.2. The molecule has 3 heterocycles. The van der Waals surface area contributed by atoms with Gasteiger partial charge in [0.15, 0.2) is 0 Å². The number of aromatic nitrogens is 2. The molecule has 0 spiro atoms. The Bertz CT molecular complexity index is 1120. The molecule has 0 atom stereocenters. The quantitative estimate of drug-likeness (QED) is 0.421. The highest BCUT2D eigenvalue weighted by Crippen LogP contribution is 2.28. The number of anilines is 3. The number of piperazine rings is 1. The van der Waals surface area contributed by atoms with Gasteiger partial charge in [0.1, 0.15) is 23.0 Å². The molecule has 6 nitrogen and oxygen atoms in total. The van der Waals surface area contributed by atoms with E-state index in [1.165, 1.54) is 29.5 Å². The fourth-order valence-corrected chi connectivity index (χ4v) is 5.17. The minimum atomic E-state index is -0.216. The molecule has 5 rings (SSSR count). The zero-order chi connectivity index (χ0) is 22.6. The van der Waals surface area contributed by atoms with E-state index in [4.69, 9.17) is 0 Å². The predicted molar refractivity (Wildman–Crippen MR) is 131 cm³/mol. The molecule has 2 aromatic carbocycles. The van der Waals surface area contributed by atoms with Gasteiger partial charge >= 0.3 is 0 Å². The largest absolute Gasteiger partial charge is 0.368 e. The van der Waals surface area contributed by atoms with Crippen molar-refractivity contribution in [2.45, 2.75) is 17.9 Å². The van der Waals surface area contributed by atoms with Gasteiger partial charge in [-0.15, -0.1) is 0 Å². The Morgan fingerprint density at radius 2 is 1.70 bits per heavy atom. The molecule has 0 bridgehead atoms. The van der Waals surface area contributed by atoms with Crippen LogP contribution in [0.3, 0.4) is 0 Å². The number of carbonyl (C=O) groups excluding carboxylic acids is 1. The van der Waals surface area contributed by atoms with Gasteiger partial charge in [0.05, 0.1) is 5.75 Å². The molecule has 0 N–H and O–H groups in total. The second-order valence-corrected chi connectivity index (χ2v) is 9.23. The first-order valence-electron chi connectivity index (χ1n) is 11.3. The SMILES string of the molecule is O=C(CSc1cc(N2CCN(c3ccc(F)cc3)CC2)ncn1)N1CCCc2ccccc21. The molecule has 2 aliphatic heterocycles. The van der Waals surface area contributed by atoms with Crippen molar-refractivity contribution >= 4 is 34.9 Å². The molecule has 3 aromatic rings. The van der Waals surface area contributed by atoms with Gasteiger partial charge in [0, 0.05) is 50.2 Å². The van der Waals surface area contributed by atoms with Gasteiger partial charge in [-0.25, -0.2) is 14.4 Å². The fourth-order valence-electron chi connectivity index (χ4n) is 4.43. The average Bonchev–Trinajstić information content (AvgIpc) is 2.88. The van der Waals surface area contributed by atoms with Crippen LogP contribution in [-0.2, 0) is 11.2 Å². The molecule has 0 unspecified atom stereocenters. The van der Waals surface area contributed by atoms with E-state index >= 15 is 0 Å². The number of fused-ring (bicyclic) bond motifs is 1. The predicted octanol–water partition coefficient (Wildman–Crippen LogP) is 4.01. The Morgan fingerprint density at radius 1 is 0.939 bits per heavy atom. The summed E-state index contributed by atoms with van der Waals surface area (Å²) in [5.41, 5.74) is 3.32. The van der Waals surface area contributed by atoms with E-state index in [9.17, 15) is 9.18 Å². The Labute approximate surface area is 197 Å². The summed E-state index contributed by atoms with van der Waals surface area (Å²) >= 11 is 1.46. The van der Waals surface area contributed by atoms with Crippen molar-refractivity contribution in [3.8, 4) is 0 Å². The number of nitrogens with zero attached hydrogens (tertiary/aromatic N) is 5. The van der Waals surface area contributed by atoms with Gasteiger partial charge in [-0.05, 0) is 48.7 Å². The summed E-state index contributed by atoms with van der Waals surface area (Å²) in [6.07, 6.45) is 3.59. The summed E-state index contributed by atoms with van der Waals surface area (Å²) < 4.78 is 13.2. The lowest BCUT2D eigenvalue weighted by Crippen LogP contribution is -2.46. The first-order valence-corrected chi connectivity index (χ1v) is 12.2. The number of carbonyl (C=O) groups is 1. The van der Waals surface area contributed by atoms with E-state index in [0.29, 0.717) is 5.75 Å². The van der Waals surface area contributed by atoms with E-state index in [0.717, 1.165) is 67.8 Å². The third kappa shape index (κ3) is 4.95. The highest BCUT2D eigenvalue weighted by molar-refractivity contribution is 7.99. The molecule has 1 saturated heterocycles. The molecule has 0 saturated carbocycles. The molecule has 33 heavy (non-hydrogen) atoms. The van der Waals surface area contributed by atoms with Crippen LogP contribution < -0.4 is 14.7 Å². The van der Waals surface area contributed by atoms with Crippen molar-refractivity contribution in [3.63, 3.8) is 0 Å². The van der Waals surface area contributed by atoms with Gasteiger partial charge < -0.3 is 14.7 Å². The molecule has 1 aromatic heterocycles. The topological polar surface area (TPSA) is 52.6 Å². The minimum absolute atomic E-state index is 0.111. The number of hydrogen-bond donors (Lipinski definition) is 0. The van der Waals surface area contributed by atoms with Gasteiger partial charge in [-0.1, -0.05) is 30.0 Å². The van der Waals surface area contributed by atoms with Crippen LogP contribution >= 0.6 is 11.8 Å². The van der Waals surface area contributed by atoms with Crippen LogP contribution in [0.1, 0.15) is 12.0 Å². The van der Waals surface area contributed by atoms with Crippen LogP contribution in [-0.4, -0.2) is 54.4 Å². The number of benzene rings is 2. The third-order valence-electron chi connectivity index (χ3n) is 6.18. The zero-order valence-electron chi connectivity index (χ0n) is 18.4. The molecular weight excluding hydrogens is 437 g/mol. The Hall–Kier alpha value is -3.13. The van der Waals surface area contributed by atoms with Crippen molar-refractivity contribution in [1.29, 1.82) is 0 Å². The summed E-state index contributed by atoms with van der Waals surface area (Å²) in [6.45, 7) is 4.09. The van der Waals surface area contributed by atoms with Gasteiger partial charge in [0.2, 0.25) is 5.91 Å². The van der Waals surface area contributed by atoms with E-state index in [1.54, 1.807) is 6.33 Å². The first-order chi connectivity index (χ1) is 16.2. The van der Waals surface area contributed by atoms with Crippen molar-refractivity contribution in [1.82, 2.24) is 9.97 Å². The molecule has 2 aliphatic rings. The van der Waals surface area contributed by atoms with E-state index in [2.05, 4.69) is 25.8 Å². The van der Waals surface area contributed by atoms with Crippen LogP contribution in [0.25, 0.3) is 0 Å². The van der Waals surface area contributed by atoms with Crippen molar-refractivity contribution < 1.29 is 9.18 Å². The number of thioether (sulfide) groups is 1. The molecular formula is C25H26FN5OS. The van der Waals surface area contributed by atoms with Crippen LogP contribution in [0.5, 0.6) is 0 Å². The summed E-state index contributed by atoms with van der Waals surface area (Å²) in [6, 6.07) is 16.8. The Kier molecular flexibility index (Phi) is 6.44. The highest BCUT2D eigenvalue weighted by Gasteiger charge is 2.23. The monoisotopic (exact) mass is 463 g/mol. The number of aryl methyl sites for hydroxylation is 1. The third-order valence-corrected chi connectivity index (χ3v) is 7.09. The second kappa shape index (κ2) is 9.79. The number of rotatable bonds is 5. The summed E-state index contributed by atoms with van der Waals surface area (Å²) in [5.74, 6) is 1.12. The van der Waals surface area contributed by atoms with Crippen LogP contribution in [0.4, 0.5) is 21.6 Å². The summed E-state index contributed by atoms with van der Waals surface area (Å²) in [7, 11) is 0. The minimum Gasteiger partial charge on any atom is -0.368 e. The van der Waals surface area contributed by atoms with E-state index < -0.39 is 0 Å². The van der Waals surface area contributed by atoms with E-state index in [1.807, 2.05) is 41.3 Å². The molecule has 170 valence electrons. The van der Waals surface area contributed by atoms with Crippen LogP contribution in [0, 0.1) is 5.82 Å². The maximum Gasteiger partial charge on any atom is 0.237 e. The van der Waals surface area contributed by atoms with Crippen molar-refractivity contribution in [2.24, 2.45) is 0 Å². The van der Waals surface area contributed by atoms with Gasteiger partial charge in [-0.2, -0.15) is 0 Å². The van der Waals surface area contributed by atoms with Crippen molar-refractivity contribution in [2.75, 3.05) is 53.2 Å². The highest BCUT2D eigenvalue weighted by atomic mass is 32.2. The standard InChI is InChI=1S/C25H26FN5OS/c26-20-7-9-21(10-8-20)29-12-14-30(15-13-29)23-16-24(28-18-27-23)33-17-25(32)31-11-3-5-19-4-1-2-6-22(19)31/h1-2,4,6-10,16,18H,3,5,11-15,17H2. The Balaban J connectivity index is 1.18. The lowest BCUT2D eigenvalue weighted by atomic mass is 10.0. The molecule has 0 aliphatic carbocycles. The Morgan fingerprint density at radius 3 is 2.52 bits per heavy atom. The van der Waals surface area contributed by atoms with E-state index in [-0.39, 0.29) is 11.7 Å². The first kappa shape index (κ1) is 21.7. The lowest BCUT2D eigenvalue weighted by Gasteiger charge is -2.36. The maximum absolute atomic E-state index is 13.2. The molecule has 0 radical (unpaired) electrons. The normalized spacial score (nSPS) is 16.0. The molecule has 1 fully saturated rings. The van der Waals surface area contributed by atoms with Crippen LogP contribution in [0.2, 0.25) is 0 Å². The second-order valence-electron chi connectivity index (χ2n) is 8.23. The number of halogens is 1. The lowest BCUT2D eigenvalue weighted by molar-refractivity contribution is -0.116. The molecule has 8 heteroatoms. The van der Waals surface area contributed by atoms with Gasteiger partial charge in [-0.3, -0.25) is 4.79 Å². The summed E-state index contributed by atoms with van der Waals surface area (Å²) in [4.78, 5) is 28.2. The number of para-hydroxylation sites is 1. The maximum atomic E-state index is 13.2. The van der Waals surface area contributed by atoms with Crippen molar-refractivity contribution in [3.05, 3.63) is 72.3 Å². The van der Waals surface area contributed by atoms with Gasteiger partial charge in [0.25, 0.3) is 0 Å². The fraction of sp³-hybridized carbons (Fsp3) is 0.320. The summed E-state index contributed by atoms with van der Waals surface area (Å²) in [5, 5.41) is 0.805.